The Morgan fingerprint density at radius 3 is 2.00 bits per heavy atom. The van der Waals surface area contributed by atoms with Gasteiger partial charge in [0.2, 0.25) is 0 Å². The maximum absolute atomic E-state index is 10.4. The molecule has 0 saturated heterocycles. The Kier molecular flexibility index (Phi) is 6.59. The summed E-state index contributed by atoms with van der Waals surface area (Å²) >= 11 is 0. The molecule has 0 aliphatic rings. The lowest BCUT2D eigenvalue weighted by Crippen LogP contribution is -2.23. The molecule has 0 aromatic heterocycles. The molecule has 0 rings (SSSR count). The van der Waals surface area contributed by atoms with E-state index in [9.17, 15) is 9.90 Å². The van der Waals surface area contributed by atoms with Crippen LogP contribution in [0, 0.1) is 5.92 Å². The molecule has 3 heteroatoms. The minimum atomic E-state index is -0.912. The standard InChI is InChI=1S/C10H20O3/c1-3-5-8(6-4-2)9(11)7-10(12)13/h8-9,11H,3-7H2,1-2H3,(H,12,13). The lowest BCUT2D eigenvalue weighted by Gasteiger charge is -2.20. The van der Waals surface area contributed by atoms with E-state index in [-0.39, 0.29) is 12.3 Å². The van der Waals surface area contributed by atoms with Gasteiger partial charge in [0, 0.05) is 0 Å². The fourth-order valence-electron chi connectivity index (χ4n) is 1.62. The summed E-state index contributed by atoms with van der Waals surface area (Å²) in [6.07, 6.45) is 3.05. The summed E-state index contributed by atoms with van der Waals surface area (Å²) in [5.41, 5.74) is 0. The zero-order valence-electron chi connectivity index (χ0n) is 8.49. The molecule has 0 radical (unpaired) electrons. The normalized spacial score (nSPS) is 13.2. The van der Waals surface area contributed by atoms with Gasteiger partial charge >= 0.3 is 5.97 Å². The van der Waals surface area contributed by atoms with Gasteiger partial charge in [-0.2, -0.15) is 0 Å². The third-order valence-electron chi connectivity index (χ3n) is 2.25. The van der Waals surface area contributed by atoms with Crippen LogP contribution in [-0.4, -0.2) is 22.3 Å². The highest BCUT2D eigenvalue weighted by Crippen LogP contribution is 2.19. The molecule has 0 bridgehead atoms. The van der Waals surface area contributed by atoms with Crippen molar-refractivity contribution in [2.24, 2.45) is 5.92 Å². The summed E-state index contributed by atoms with van der Waals surface area (Å²) in [6, 6.07) is 0. The van der Waals surface area contributed by atoms with Gasteiger partial charge in [-0.3, -0.25) is 4.79 Å². The maximum atomic E-state index is 10.4. The van der Waals surface area contributed by atoms with Gasteiger partial charge in [0.25, 0.3) is 0 Å². The molecule has 0 saturated carbocycles. The topological polar surface area (TPSA) is 57.5 Å². The number of carbonyl (C=O) groups is 1. The van der Waals surface area contributed by atoms with Gasteiger partial charge in [0.05, 0.1) is 12.5 Å². The van der Waals surface area contributed by atoms with Crippen molar-refractivity contribution in [1.82, 2.24) is 0 Å². The lowest BCUT2D eigenvalue weighted by molar-refractivity contribution is -0.140. The number of carboxylic acids is 1. The van der Waals surface area contributed by atoms with E-state index in [0.29, 0.717) is 0 Å². The third-order valence-corrected chi connectivity index (χ3v) is 2.25. The number of rotatable bonds is 7. The van der Waals surface area contributed by atoms with Crippen molar-refractivity contribution in [3.63, 3.8) is 0 Å². The Labute approximate surface area is 79.8 Å². The molecular formula is C10H20O3. The van der Waals surface area contributed by atoms with E-state index in [0.717, 1.165) is 25.7 Å². The fourth-order valence-corrected chi connectivity index (χ4v) is 1.62. The Morgan fingerprint density at radius 1 is 1.23 bits per heavy atom. The number of aliphatic hydroxyl groups excluding tert-OH is 1. The van der Waals surface area contributed by atoms with Crippen molar-refractivity contribution in [1.29, 1.82) is 0 Å². The van der Waals surface area contributed by atoms with Gasteiger partial charge in [-0.05, 0) is 18.8 Å². The molecule has 0 aromatic carbocycles. The first-order chi connectivity index (χ1) is 6.11. The minimum absolute atomic E-state index is 0.120. The molecule has 0 fully saturated rings. The molecular weight excluding hydrogens is 168 g/mol. The number of carboxylic acid groups (broad SMARTS) is 1. The highest BCUT2D eigenvalue weighted by molar-refractivity contribution is 5.67. The quantitative estimate of drug-likeness (QED) is 0.642. The second-order valence-corrected chi connectivity index (χ2v) is 3.50. The van der Waals surface area contributed by atoms with Gasteiger partial charge in [-0.25, -0.2) is 0 Å². The molecule has 0 spiro atoms. The van der Waals surface area contributed by atoms with E-state index in [1.54, 1.807) is 0 Å². The van der Waals surface area contributed by atoms with Gasteiger partial charge in [0.1, 0.15) is 0 Å². The molecule has 0 aromatic rings. The molecule has 0 aliphatic carbocycles. The van der Waals surface area contributed by atoms with Gasteiger partial charge < -0.3 is 10.2 Å². The van der Waals surface area contributed by atoms with Crippen LogP contribution in [0.3, 0.4) is 0 Å². The van der Waals surface area contributed by atoms with Crippen molar-refractivity contribution in [3.8, 4) is 0 Å². The predicted molar refractivity (Wildman–Crippen MR) is 51.6 cm³/mol. The van der Waals surface area contributed by atoms with E-state index in [1.807, 2.05) is 0 Å². The van der Waals surface area contributed by atoms with E-state index in [2.05, 4.69) is 13.8 Å². The summed E-state index contributed by atoms with van der Waals surface area (Å²) in [4.78, 5) is 10.4. The van der Waals surface area contributed by atoms with Gasteiger partial charge in [-0.1, -0.05) is 26.7 Å². The first-order valence-electron chi connectivity index (χ1n) is 5.01. The molecule has 2 N–H and O–H groups in total. The molecule has 0 heterocycles. The van der Waals surface area contributed by atoms with Crippen molar-refractivity contribution in [2.75, 3.05) is 0 Å². The summed E-state index contributed by atoms with van der Waals surface area (Å²) < 4.78 is 0. The van der Waals surface area contributed by atoms with E-state index >= 15 is 0 Å². The first kappa shape index (κ1) is 12.4. The molecule has 0 amide bonds. The Hall–Kier alpha value is -0.570. The average Bonchev–Trinajstić information content (AvgIpc) is 2.02. The fraction of sp³-hybridized carbons (Fsp3) is 0.900. The highest BCUT2D eigenvalue weighted by atomic mass is 16.4. The molecule has 3 nitrogen and oxygen atoms in total. The van der Waals surface area contributed by atoms with Crippen LogP contribution in [0.4, 0.5) is 0 Å². The van der Waals surface area contributed by atoms with E-state index in [4.69, 9.17) is 5.11 Å². The van der Waals surface area contributed by atoms with Gasteiger partial charge in [0.15, 0.2) is 0 Å². The smallest absolute Gasteiger partial charge is 0.305 e. The second-order valence-electron chi connectivity index (χ2n) is 3.50. The maximum Gasteiger partial charge on any atom is 0.305 e. The van der Waals surface area contributed by atoms with Crippen LogP contribution in [0.1, 0.15) is 46.0 Å². The second kappa shape index (κ2) is 6.89. The summed E-state index contributed by atoms with van der Waals surface area (Å²) in [6.45, 7) is 4.10. The van der Waals surface area contributed by atoms with Crippen LogP contribution >= 0.6 is 0 Å². The molecule has 1 atom stereocenters. The number of aliphatic hydroxyl groups is 1. The Balaban J connectivity index is 3.93. The van der Waals surface area contributed by atoms with Crippen LogP contribution in [0.15, 0.2) is 0 Å². The predicted octanol–water partition coefficient (Wildman–Crippen LogP) is 2.04. The van der Waals surface area contributed by atoms with Crippen LogP contribution in [-0.2, 0) is 4.79 Å². The number of hydrogen-bond donors (Lipinski definition) is 2. The zero-order valence-corrected chi connectivity index (χ0v) is 8.49. The molecule has 1 unspecified atom stereocenters. The molecule has 78 valence electrons. The average molecular weight is 188 g/mol. The molecule has 0 aliphatic heterocycles. The van der Waals surface area contributed by atoms with Crippen LogP contribution in [0.25, 0.3) is 0 Å². The van der Waals surface area contributed by atoms with E-state index in [1.165, 1.54) is 0 Å². The Bertz CT molecular complexity index is 139. The van der Waals surface area contributed by atoms with Crippen LogP contribution in [0.5, 0.6) is 0 Å². The van der Waals surface area contributed by atoms with Crippen molar-refractivity contribution >= 4 is 5.97 Å². The highest BCUT2D eigenvalue weighted by Gasteiger charge is 2.19. The lowest BCUT2D eigenvalue weighted by atomic mass is 9.91. The van der Waals surface area contributed by atoms with Crippen molar-refractivity contribution in [3.05, 3.63) is 0 Å². The zero-order chi connectivity index (χ0) is 10.3. The third kappa shape index (κ3) is 5.64. The largest absolute Gasteiger partial charge is 0.481 e. The summed E-state index contributed by atoms with van der Waals surface area (Å²) in [5.74, 6) is -0.754. The van der Waals surface area contributed by atoms with Gasteiger partial charge in [-0.15, -0.1) is 0 Å². The van der Waals surface area contributed by atoms with Crippen LogP contribution in [0.2, 0.25) is 0 Å². The minimum Gasteiger partial charge on any atom is -0.481 e. The molecule has 13 heavy (non-hydrogen) atoms. The van der Waals surface area contributed by atoms with Crippen molar-refractivity contribution < 1.29 is 15.0 Å². The SMILES string of the molecule is CCCC(CCC)C(O)CC(=O)O. The number of hydrogen-bond acceptors (Lipinski definition) is 2. The van der Waals surface area contributed by atoms with E-state index < -0.39 is 12.1 Å². The first-order valence-corrected chi connectivity index (χ1v) is 5.01. The summed E-state index contributed by atoms with van der Waals surface area (Å²) in [7, 11) is 0. The number of aliphatic carboxylic acids is 1. The van der Waals surface area contributed by atoms with Crippen molar-refractivity contribution in [2.45, 2.75) is 52.1 Å². The monoisotopic (exact) mass is 188 g/mol. The Morgan fingerprint density at radius 2 is 1.69 bits per heavy atom. The summed E-state index contributed by atoms with van der Waals surface area (Å²) in [5, 5.41) is 18.1. The van der Waals surface area contributed by atoms with Crippen LogP contribution < -0.4 is 0 Å².